The first-order valence-corrected chi connectivity index (χ1v) is 12.9. The number of nitrogens with zero attached hydrogens (tertiary/aromatic N) is 3. The second-order valence-corrected chi connectivity index (χ2v) is 9.93. The minimum Gasteiger partial charge on any atom is -0.486 e. The molecular weight excluding hydrogens is 462 g/mol. The van der Waals surface area contributed by atoms with Crippen LogP contribution >= 0.6 is 0 Å². The third-order valence-corrected chi connectivity index (χ3v) is 6.72. The zero-order valence-corrected chi connectivity index (χ0v) is 21.4. The van der Waals surface area contributed by atoms with Crippen molar-refractivity contribution in [1.29, 1.82) is 0 Å². The highest BCUT2D eigenvalue weighted by Crippen LogP contribution is 2.38. The molecule has 0 bridgehead atoms. The van der Waals surface area contributed by atoms with Crippen molar-refractivity contribution >= 4 is 17.4 Å². The molecular formula is C26H37N5O5. The van der Waals surface area contributed by atoms with E-state index in [1.165, 1.54) is 9.47 Å². The molecule has 0 aliphatic carbocycles. The van der Waals surface area contributed by atoms with Crippen LogP contribution in [0, 0.1) is 5.92 Å². The zero-order chi connectivity index (χ0) is 25.8. The fourth-order valence-electron chi connectivity index (χ4n) is 4.98. The Morgan fingerprint density at radius 2 is 1.97 bits per heavy atom. The van der Waals surface area contributed by atoms with E-state index in [2.05, 4.69) is 9.88 Å². The fourth-order valence-corrected chi connectivity index (χ4v) is 4.98. The Labute approximate surface area is 211 Å². The van der Waals surface area contributed by atoms with Gasteiger partial charge in [0.25, 0.3) is 5.56 Å². The summed E-state index contributed by atoms with van der Waals surface area (Å²) >= 11 is 0. The summed E-state index contributed by atoms with van der Waals surface area (Å²) in [5, 5.41) is 0. The van der Waals surface area contributed by atoms with Crippen LogP contribution in [-0.2, 0) is 11.3 Å². The van der Waals surface area contributed by atoms with Crippen LogP contribution in [0.15, 0.2) is 27.8 Å². The Morgan fingerprint density at radius 1 is 1.22 bits per heavy atom. The molecule has 1 amide bonds. The largest absolute Gasteiger partial charge is 0.486 e. The maximum absolute atomic E-state index is 13.7. The molecule has 0 saturated carbocycles. The molecule has 1 saturated heterocycles. The van der Waals surface area contributed by atoms with Gasteiger partial charge < -0.3 is 20.1 Å². The van der Waals surface area contributed by atoms with Crippen molar-refractivity contribution in [3.05, 3.63) is 44.6 Å². The zero-order valence-electron chi connectivity index (χ0n) is 21.4. The number of aromatic amines is 1. The molecule has 1 atom stereocenters. The van der Waals surface area contributed by atoms with Crippen LogP contribution < -0.4 is 31.4 Å². The van der Waals surface area contributed by atoms with Gasteiger partial charge in [-0.1, -0.05) is 33.3 Å². The predicted octanol–water partition coefficient (Wildman–Crippen LogP) is 2.52. The molecule has 10 heteroatoms. The Morgan fingerprint density at radius 3 is 2.69 bits per heavy atom. The molecule has 2 aromatic rings. The Hall–Kier alpha value is -3.27. The molecule has 1 fully saturated rings. The highest BCUT2D eigenvalue weighted by Gasteiger charge is 2.32. The van der Waals surface area contributed by atoms with Crippen molar-refractivity contribution in [3.63, 3.8) is 0 Å². The molecule has 1 aromatic carbocycles. The van der Waals surface area contributed by atoms with Crippen LogP contribution in [-0.4, -0.2) is 53.2 Å². The van der Waals surface area contributed by atoms with Crippen molar-refractivity contribution in [3.8, 4) is 11.5 Å². The van der Waals surface area contributed by atoms with Crippen molar-refractivity contribution in [1.82, 2.24) is 14.5 Å². The van der Waals surface area contributed by atoms with Gasteiger partial charge in [-0.05, 0) is 49.4 Å². The lowest BCUT2D eigenvalue weighted by molar-refractivity contribution is -0.120. The van der Waals surface area contributed by atoms with Gasteiger partial charge in [0.15, 0.2) is 17.2 Å². The number of benzene rings is 1. The quantitative estimate of drug-likeness (QED) is 0.543. The smallest absolute Gasteiger partial charge is 0.330 e. The average molecular weight is 500 g/mol. The minimum absolute atomic E-state index is 0.0340. The number of H-pyrrole nitrogens is 1. The van der Waals surface area contributed by atoms with Crippen LogP contribution in [0.25, 0.3) is 0 Å². The number of ether oxygens (including phenoxy) is 2. The van der Waals surface area contributed by atoms with Gasteiger partial charge in [-0.3, -0.25) is 24.0 Å². The van der Waals surface area contributed by atoms with Gasteiger partial charge in [-0.15, -0.1) is 0 Å². The van der Waals surface area contributed by atoms with E-state index >= 15 is 0 Å². The molecule has 0 radical (unpaired) electrons. The first kappa shape index (κ1) is 25.8. The third kappa shape index (κ3) is 5.43. The summed E-state index contributed by atoms with van der Waals surface area (Å²) in [6.07, 6.45) is 3.43. The van der Waals surface area contributed by atoms with E-state index in [9.17, 15) is 14.4 Å². The first-order chi connectivity index (χ1) is 17.3. The van der Waals surface area contributed by atoms with E-state index in [-0.39, 0.29) is 35.9 Å². The third-order valence-electron chi connectivity index (χ3n) is 6.72. The van der Waals surface area contributed by atoms with Crippen molar-refractivity contribution in [2.24, 2.45) is 5.92 Å². The molecule has 0 unspecified atom stereocenters. The van der Waals surface area contributed by atoms with Crippen LogP contribution in [0.4, 0.5) is 11.5 Å². The van der Waals surface area contributed by atoms with Gasteiger partial charge in [-0.25, -0.2) is 4.79 Å². The lowest BCUT2D eigenvalue weighted by Crippen LogP contribution is -2.45. The number of unbranched alkanes of at least 4 members (excludes halogenated alkanes) is 1. The Balaban J connectivity index is 1.61. The molecule has 0 spiro atoms. The second-order valence-electron chi connectivity index (χ2n) is 9.93. The van der Waals surface area contributed by atoms with Gasteiger partial charge >= 0.3 is 5.69 Å². The van der Waals surface area contributed by atoms with Gasteiger partial charge in [0.05, 0.1) is 6.54 Å². The van der Waals surface area contributed by atoms with Crippen molar-refractivity contribution in [2.75, 3.05) is 43.5 Å². The molecule has 36 heavy (non-hydrogen) atoms. The summed E-state index contributed by atoms with van der Waals surface area (Å²) in [4.78, 5) is 45.0. The number of amides is 1. The number of anilines is 2. The number of hydrogen-bond donors (Lipinski definition) is 2. The highest BCUT2D eigenvalue weighted by atomic mass is 16.6. The van der Waals surface area contributed by atoms with Crippen LogP contribution in [0.5, 0.6) is 11.5 Å². The van der Waals surface area contributed by atoms with Crippen LogP contribution in [0.1, 0.15) is 58.1 Å². The predicted molar refractivity (Wildman–Crippen MR) is 139 cm³/mol. The normalized spacial score (nSPS) is 17.5. The number of nitrogen functional groups attached to an aromatic ring is 1. The Bertz CT molecular complexity index is 1200. The van der Waals surface area contributed by atoms with Crippen LogP contribution in [0.2, 0.25) is 0 Å². The van der Waals surface area contributed by atoms with E-state index in [0.717, 1.165) is 42.9 Å². The summed E-state index contributed by atoms with van der Waals surface area (Å²) in [6, 6.07) is 6.01. The SMILES string of the molecule is CCCCN(C(=O)CN1CCC[C@@H]1c1ccc2c(c1)OCCO2)c1c(N)n(CC(C)C)c(=O)[nH]c1=O. The molecule has 2 aliphatic heterocycles. The number of rotatable bonds is 9. The molecule has 10 nitrogen and oxygen atoms in total. The van der Waals surface area contributed by atoms with E-state index in [1.54, 1.807) is 0 Å². The number of carbonyl (C=O) groups is 1. The number of fused-ring (bicyclic) bond motifs is 1. The number of likely N-dealkylation sites (tertiary alicyclic amines) is 1. The van der Waals surface area contributed by atoms with E-state index in [0.29, 0.717) is 32.7 Å². The number of aromatic nitrogens is 2. The average Bonchev–Trinajstić information content (AvgIpc) is 3.31. The fraction of sp³-hybridized carbons (Fsp3) is 0.577. The number of nitrogens with two attached hydrogens (primary N) is 1. The summed E-state index contributed by atoms with van der Waals surface area (Å²) in [7, 11) is 0. The van der Waals surface area contributed by atoms with Gasteiger partial charge in [0.1, 0.15) is 19.0 Å². The molecule has 2 aliphatic rings. The highest BCUT2D eigenvalue weighted by molar-refractivity contribution is 5.96. The standard InChI is InChI=1S/C26H37N5O5/c1-4-5-11-30(23-24(27)31(15-17(2)3)26(34)28-25(23)33)22(32)16-29-10-6-7-19(29)18-8-9-20-21(14-18)36-13-12-35-20/h8-9,14,17,19H,4-7,10-13,15-16,27H2,1-3H3,(H,28,33,34)/t19-/m1/s1. The van der Waals surface area contributed by atoms with Crippen LogP contribution in [0.3, 0.4) is 0 Å². The van der Waals surface area contributed by atoms with Gasteiger partial charge in [0.2, 0.25) is 5.91 Å². The van der Waals surface area contributed by atoms with E-state index < -0.39 is 11.2 Å². The maximum atomic E-state index is 13.7. The number of nitrogens with one attached hydrogen (secondary N) is 1. The maximum Gasteiger partial charge on any atom is 0.330 e. The van der Waals surface area contributed by atoms with Crippen molar-refractivity contribution < 1.29 is 14.3 Å². The van der Waals surface area contributed by atoms with Gasteiger partial charge in [0, 0.05) is 19.1 Å². The monoisotopic (exact) mass is 499 g/mol. The molecule has 3 heterocycles. The molecule has 196 valence electrons. The van der Waals surface area contributed by atoms with Crippen molar-refractivity contribution in [2.45, 2.75) is 59.0 Å². The summed E-state index contributed by atoms with van der Waals surface area (Å²) in [6.45, 7) is 8.61. The molecule has 1 aromatic heterocycles. The number of carbonyl (C=O) groups excluding carboxylic acids is 1. The molecule has 3 N–H and O–H groups in total. The summed E-state index contributed by atoms with van der Waals surface area (Å²) < 4.78 is 12.8. The summed E-state index contributed by atoms with van der Waals surface area (Å²) in [5.41, 5.74) is 6.29. The van der Waals surface area contributed by atoms with Gasteiger partial charge in [-0.2, -0.15) is 0 Å². The lowest BCUT2D eigenvalue weighted by atomic mass is 10.0. The number of hydrogen-bond acceptors (Lipinski definition) is 7. The minimum atomic E-state index is -0.633. The molecule has 4 rings (SSSR count). The lowest BCUT2D eigenvalue weighted by Gasteiger charge is -2.30. The second kappa shape index (κ2) is 11.2. The first-order valence-electron chi connectivity index (χ1n) is 12.9. The Kier molecular flexibility index (Phi) is 8.03. The topological polar surface area (TPSA) is 123 Å². The van der Waals surface area contributed by atoms with E-state index in [1.807, 2.05) is 39.0 Å². The van der Waals surface area contributed by atoms with E-state index in [4.69, 9.17) is 15.2 Å². The summed E-state index contributed by atoms with van der Waals surface area (Å²) in [5.74, 6) is 1.43.